The number of aryl methyl sites for hydroxylation is 1. The number of fused-ring (bicyclic) bond motifs is 1. The highest BCUT2D eigenvalue weighted by Gasteiger charge is 2.43. The summed E-state index contributed by atoms with van der Waals surface area (Å²) in [4.78, 5) is 30.8. The summed E-state index contributed by atoms with van der Waals surface area (Å²) in [7, 11) is 0. The molecule has 1 fully saturated rings. The first-order valence-corrected chi connectivity index (χ1v) is 10.6. The Balaban J connectivity index is 1.64. The molecule has 0 amide bonds. The van der Waals surface area contributed by atoms with Crippen LogP contribution in [0.25, 0.3) is 0 Å². The summed E-state index contributed by atoms with van der Waals surface area (Å²) in [5.74, 6) is -0.875. The van der Waals surface area contributed by atoms with Gasteiger partial charge < -0.3 is 4.74 Å². The number of allylic oxidation sites excluding steroid dienone is 1. The van der Waals surface area contributed by atoms with Gasteiger partial charge in [-0.25, -0.2) is 4.79 Å². The average molecular weight is 402 g/mol. The third kappa shape index (κ3) is 4.13. The fraction of sp³-hybridized carbons (Fsp3) is 0.346. The van der Waals surface area contributed by atoms with E-state index in [1.807, 2.05) is 62.4 Å². The second-order valence-corrected chi connectivity index (χ2v) is 8.16. The molecule has 0 spiro atoms. The minimum absolute atomic E-state index is 0.175. The first-order chi connectivity index (χ1) is 14.5. The zero-order valence-corrected chi connectivity index (χ0v) is 17.6. The summed E-state index contributed by atoms with van der Waals surface area (Å²) in [5, 5.41) is 0. The van der Waals surface area contributed by atoms with E-state index in [0.717, 1.165) is 35.2 Å². The van der Waals surface area contributed by atoms with Crippen LogP contribution >= 0.6 is 0 Å². The Hall–Kier alpha value is -3.01. The highest BCUT2D eigenvalue weighted by molar-refractivity contribution is 6.11. The summed E-state index contributed by atoms with van der Waals surface area (Å²) in [5.41, 5.74) is 5.32. The molecule has 4 heteroatoms. The van der Waals surface area contributed by atoms with Gasteiger partial charge in [0.1, 0.15) is 5.78 Å². The van der Waals surface area contributed by atoms with Gasteiger partial charge in [0.15, 0.2) is 0 Å². The van der Waals surface area contributed by atoms with Crippen molar-refractivity contribution < 1.29 is 14.3 Å². The SMILES string of the molecule is CC1=C(C(=O)OCCc2ccccc2)[C@H](c2cccc(C)c2)C2C(=O)CCCC2=N1. The highest BCUT2D eigenvalue weighted by atomic mass is 16.5. The van der Waals surface area contributed by atoms with Gasteiger partial charge in [0.25, 0.3) is 0 Å². The van der Waals surface area contributed by atoms with Gasteiger partial charge in [-0.05, 0) is 37.8 Å². The van der Waals surface area contributed by atoms with Crippen molar-refractivity contribution in [1.82, 2.24) is 0 Å². The Morgan fingerprint density at radius 3 is 2.60 bits per heavy atom. The molecule has 1 aliphatic heterocycles. The van der Waals surface area contributed by atoms with E-state index >= 15 is 0 Å². The summed E-state index contributed by atoms with van der Waals surface area (Å²) >= 11 is 0. The lowest BCUT2D eigenvalue weighted by Gasteiger charge is -2.35. The van der Waals surface area contributed by atoms with Crippen LogP contribution < -0.4 is 0 Å². The standard InChI is InChI=1S/C26H27NO3/c1-17-8-6-11-20(16-17)24-23(18(2)27-21-12-7-13-22(28)25(21)24)26(29)30-15-14-19-9-4-3-5-10-19/h3-6,8-11,16,24-25H,7,12-15H2,1-2H3/t24-,25?/m0/s1. The van der Waals surface area contributed by atoms with Crippen molar-refractivity contribution in [1.29, 1.82) is 0 Å². The first-order valence-electron chi connectivity index (χ1n) is 10.6. The molecule has 0 aromatic heterocycles. The number of esters is 1. The number of Topliss-reactive ketones (excluding diaryl/α,β-unsaturated/α-hetero) is 1. The van der Waals surface area contributed by atoms with Gasteiger partial charge in [-0.1, -0.05) is 60.2 Å². The molecule has 1 heterocycles. The number of ketones is 1. The maximum absolute atomic E-state index is 13.2. The van der Waals surface area contributed by atoms with Gasteiger partial charge in [0.2, 0.25) is 0 Å². The summed E-state index contributed by atoms with van der Waals surface area (Å²) < 4.78 is 5.68. The molecule has 0 N–H and O–H groups in total. The first kappa shape index (κ1) is 20.3. The van der Waals surface area contributed by atoms with Crippen LogP contribution in [0.15, 0.2) is 70.9 Å². The van der Waals surface area contributed by atoms with Crippen molar-refractivity contribution in [3.8, 4) is 0 Å². The van der Waals surface area contributed by atoms with Crippen molar-refractivity contribution in [2.75, 3.05) is 6.61 Å². The lowest BCUT2D eigenvalue weighted by molar-refractivity contribution is -0.139. The molecule has 4 nitrogen and oxygen atoms in total. The Morgan fingerprint density at radius 1 is 1.03 bits per heavy atom. The Bertz CT molecular complexity index is 1020. The summed E-state index contributed by atoms with van der Waals surface area (Å²) in [6, 6.07) is 18.0. The molecule has 0 bridgehead atoms. The number of aliphatic imine (C=N–C) groups is 1. The van der Waals surface area contributed by atoms with Crippen LogP contribution in [0.4, 0.5) is 0 Å². The van der Waals surface area contributed by atoms with Crippen LogP contribution in [0.1, 0.15) is 48.8 Å². The van der Waals surface area contributed by atoms with Crippen LogP contribution in [-0.4, -0.2) is 24.1 Å². The smallest absolute Gasteiger partial charge is 0.336 e. The molecule has 30 heavy (non-hydrogen) atoms. The number of carbonyl (C=O) groups excluding carboxylic acids is 2. The predicted molar refractivity (Wildman–Crippen MR) is 118 cm³/mol. The third-order valence-corrected chi connectivity index (χ3v) is 6.00. The van der Waals surface area contributed by atoms with E-state index in [-0.39, 0.29) is 23.6 Å². The largest absolute Gasteiger partial charge is 0.462 e. The number of nitrogens with zero attached hydrogens (tertiary/aromatic N) is 1. The number of ether oxygens (including phenoxy) is 1. The fourth-order valence-electron chi connectivity index (χ4n) is 4.59. The molecule has 2 aromatic rings. The van der Waals surface area contributed by atoms with Crippen molar-refractivity contribution in [2.24, 2.45) is 10.9 Å². The predicted octanol–water partition coefficient (Wildman–Crippen LogP) is 4.96. The van der Waals surface area contributed by atoms with Crippen molar-refractivity contribution >= 4 is 17.5 Å². The maximum atomic E-state index is 13.2. The second-order valence-electron chi connectivity index (χ2n) is 8.16. The molecular formula is C26H27NO3. The molecular weight excluding hydrogens is 374 g/mol. The fourth-order valence-corrected chi connectivity index (χ4v) is 4.59. The van der Waals surface area contributed by atoms with Gasteiger partial charge in [0, 0.05) is 30.2 Å². The number of rotatable bonds is 5. The second kappa shape index (κ2) is 8.78. The molecule has 2 aromatic carbocycles. The molecule has 1 saturated carbocycles. The molecule has 0 saturated heterocycles. The van der Waals surface area contributed by atoms with Crippen molar-refractivity contribution in [3.05, 3.63) is 82.6 Å². The molecule has 2 aliphatic rings. The quantitative estimate of drug-likeness (QED) is 0.665. The van der Waals surface area contributed by atoms with E-state index in [0.29, 0.717) is 30.7 Å². The van der Waals surface area contributed by atoms with E-state index < -0.39 is 0 Å². The minimum Gasteiger partial charge on any atom is -0.462 e. The van der Waals surface area contributed by atoms with E-state index in [4.69, 9.17) is 9.73 Å². The number of carbonyl (C=O) groups is 2. The van der Waals surface area contributed by atoms with Gasteiger partial charge >= 0.3 is 5.97 Å². The molecule has 0 radical (unpaired) electrons. The van der Waals surface area contributed by atoms with Gasteiger partial charge in [0.05, 0.1) is 18.1 Å². The van der Waals surface area contributed by atoms with Gasteiger partial charge in [-0.3, -0.25) is 9.79 Å². The zero-order valence-electron chi connectivity index (χ0n) is 17.6. The average Bonchev–Trinajstić information content (AvgIpc) is 2.73. The topological polar surface area (TPSA) is 55.7 Å². The van der Waals surface area contributed by atoms with Crippen molar-refractivity contribution in [3.63, 3.8) is 0 Å². The number of benzene rings is 2. The Kier molecular flexibility index (Phi) is 5.93. The van der Waals surface area contributed by atoms with E-state index in [9.17, 15) is 9.59 Å². The molecule has 1 aliphatic carbocycles. The van der Waals surface area contributed by atoms with Crippen LogP contribution in [0.3, 0.4) is 0 Å². The molecule has 154 valence electrons. The normalized spacial score (nSPS) is 21.1. The Morgan fingerprint density at radius 2 is 1.83 bits per heavy atom. The van der Waals surface area contributed by atoms with E-state index in [1.54, 1.807) is 0 Å². The summed E-state index contributed by atoms with van der Waals surface area (Å²) in [6.07, 6.45) is 2.84. The zero-order chi connectivity index (χ0) is 21.1. The Labute approximate surface area is 177 Å². The molecule has 1 unspecified atom stereocenters. The lowest BCUT2D eigenvalue weighted by Crippen LogP contribution is -2.39. The van der Waals surface area contributed by atoms with E-state index in [2.05, 4.69) is 6.07 Å². The maximum Gasteiger partial charge on any atom is 0.336 e. The number of hydrogen-bond acceptors (Lipinski definition) is 4. The summed E-state index contributed by atoms with van der Waals surface area (Å²) in [6.45, 7) is 4.19. The van der Waals surface area contributed by atoms with Crippen LogP contribution in [-0.2, 0) is 20.7 Å². The minimum atomic E-state index is -0.365. The van der Waals surface area contributed by atoms with Crippen molar-refractivity contribution in [2.45, 2.75) is 45.4 Å². The molecule has 2 atom stereocenters. The van der Waals surface area contributed by atoms with Crippen LogP contribution in [0, 0.1) is 12.8 Å². The van der Waals surface area contributed by atoms with Crippen LogP contribution in [0.5, 0.6) is 0 Å². The third-order valence-electron chi connectivity index (χ3n) is 6.00. The monoisotopic (exact) mass is 401 g/mol. The van der Waals surface area contributed by atoms with Gasteiger partial charge in [-0.15, -0.1) is 0 Å². The van der Waals surface area contributed by atoms with E-state index in [1.165, 1.54) is 0 Å². The number of hydrogen-bond donors (Lipinski definition) is 0. The molecule has 4 rings (SSSR count). The van der Waals surface area contributed by atoms with Gasteiger partial charge in [-0.2, -0.15) is 0 Å². The van der Waals surface area contributed by atoms with Crippen LogP contribution in [0.2, 0.25) is 0 Å². The highest BCUT2D eigenvalue weighted by Crippen LogP contribution is 2.43. The lowest BCUT2D eigenvalue weighted by atomic mass is 9.69.